The Morgan fingerprint density at radius 1 is 1.18 bits per heavy atom. The molecule has 2 fully saturated rings. The molecule has 2 unspecified atom stereocenters. The van der Waals surface area contributed by atoms with Gasteiger partial charge in [-0.25, -0.2) is 19.0 Å². The number of fused-ring (bicyclic) bond motifs is 1. The van der Waals surface area contributed by atoms with Gasteiger partial charge in [0.2, 0.25) is 0 Å². The van der Waals surface area contributed by atoms with E-state index in [1.807, 2.05) is 35.2 Å². The highest BCUT2D eigenvalue weighted by atomic mass is 32.1. The van der Waals surface area contributed by atoms with Gasteiger partial charge in [0.1, 0.15) is 18.2 Å². The number of amides is 1. The molecule has 0 bridgehead atoms. The third-order valence-electron chi connectivity index (χ3n) is 5.35. The second kappa shape index (κ2) is 7.35. The average molecular weight is 403 g/mol. The smallest absolute Gasteiger partial charge is 0.426 e. The van der Waals surface area contributed by atoms with E-state index in [0.29, 0.717) is 29.7 Å². The van der Waals surface area contributed by atoms with Crippen molar-refractivity contribution in [2.45, 2.75) is 18.4 Å². The zero-order valence-corrected chi connectivity index (χ0v) is 15.8. The highest BCUT2D eigenvalue weighted by Gasteiger charge is 2.61. The highest BCUT2D eigenvalue weighted by molar-refractivity contribution is 7.80. The molecule has 5 nitrogen and oxygen atoms in total. The van der Waals surface area contributed by atoms with E-state index in [1.165, 1.54) is 12.1 Å². The van der Waals surface area contributed by atoms with Crippen LogP contribution in [0.3, 0.4) is 0 Å². The summed E-state index contributed by atoms with van der Waals surface area (Å²) in [7, 11) is 0. The van der Waals surface area contributed by atoms with Crippen LogP contribution < -0.4 is 10.9 Å². The molecule has 28 heavy (non-hydrogen) atoms. The number of hydrogen-bond acceptors (Lipinski definition) is 3. The summed E-state index contributed by atoms with van der Waals surface area (Å²) in [5.74, 6) is -0.854. The summed E-state index contributed by atoms with van der Waals surface area (Å²) in [5.41, 5.74) is 6.36. The van der Waals surface area contributed by atoms with Crippen LogP contribution in [0.4, 0.5) is 13.6 Å². The third kappa shape index (κ3) is 3.77. The number of nitrogens with one attached hydrogen (secondary N) is 2. The summed E-state index contributed by atoms with van der Waals surface area (Å²) in [6, 6.07) is 13.0. The van der Waals surface area contributed by atoms with E-state index < -0.39 is 17.7 Å². The number of nitrogens with zero attached hydrogens (tertiary/aromatic N) is 1. The standard InChI is InChI=1S/C20H19F2N3O2S/c21-16-6-14(7-17(22)8-16)20-9-15(20)10-25(12-20)18(28)23-24-19(26)27-11-13-4-2-1-3-5-13/h1-8,15H,9-12H2,(H,23,28)(H,24,26). The number of benzene rings is 2. The Labute approximate surface area is 166 Å². The van der Waals surface area contributed by atoms with Crippen molar-refractivity contribution in [3.63, 3.8) is 0 Å². The Morgan fingerprint density at radius 2 is 1.89 bits per heavy atom. The van der Waals surface area contributed by atoms with Crippen molar-refractivity contribution >= 4 is 23.4 Å². The molecule has 1 saturated carbocycles. The first-order chi connectivity index (χ1) is 13.5. The fourth-order valence-corrected chi connectivity index (χ4v) is 4.06. The van der Waals surface area contributed by atoms with Crippen LogP contribution in [0.5, 0.6) is 0 Å². The second-order valence-electron chi connectivity index (χ2n) is 7.21. The van der Waals surface area contributed by atoms with Crippen LogP contribution in [-0.2, 0) is 16.8 Å². The minimum absolute atomic E-state index is 0.154. The summed E-state index contributed by atoms with van der Waals surface area (Å²) < 4.78 is 32.3. The normalized spacial score (nSPS) is 22.4. The van der Waals surface area contributed by atoms with Crippen LogP contribution in [0.1, 0.15) is 17.5 Å². The molecule has 1 amide bonds. The molecule has 1 aliphatic carbocycles. The monoisotopic (exact) mass is 403 g/mol. The molecule has 0 aromatic heterocycles. The van der Waals surface area contributed by atoms with Crippen molar-refractivity contribution in [2.75, 3.05) is 13.1 Å². The Kier molecular flexibility index (Phi) is 4.89. The number of hydrogen-bond donors (Lipinski definition) is 2. The second-order valence-corrected chi connectivity index (χ2v) is 7.60. The van der Waals surface area contributed by atoms with E-state index in [1.54, 1.807) is 0 Å². The summed E-state index contributed by atoms with van der Waals surface area (Å²) in [6.07, 6.45) is 0.235. The number of carbonyl (C=O) groups is 1. The van der Waals surface area contributed by atoms with Gasteiger partial charge in [0, 0.05) is 24.6 Å². The van der Waals surface area contributed by atoms with E-state index >= 15 is 0 Å². The van der Waals surface area contributed by atoms with Gasteiger partial charge < -0.3 is 9.64 Å². The summed E-state index contributed by atoms with van der Waals surface area (Å²) in [4.78, 5) is 13.7. The fraction of sp³-hybridized carbons (Fsp3) is 0.300. The van der Waals surface area contributed by atoms with Crippen LogP contribution in [0, 0.1) is 17.6 Å². The molecular weight excluding hydrogens is 384 g/mol. The molecule has 2 atom stereocenters. The van der Waals surface area contributed by atoms with Gasteiger partial charge >= 0.3 is 6.09 Å². The molecule has 8 heteroatoms. The lowest BCUT2D eigenvalue weighted by Gasteiger charge is -2.24. The zero-order valence-electron chi connectivity index (χ0n) is 15.0. The Morgan fingerprint density at radius 3 is 2.61 bits per heavy atom. The van der Waals surface area contributed by atoms with Crippen LogP contribution in [-0.4, -0.2) is 29.2 Å². The molecule has 1 saturated heterocycles. The van der Waals surface area contributed by atoms with E-state index in [-0.39, 0.29) is 12.0 Å². The molecule has 0 radical (unpaired) electrons. The first-order valence-electron chi connectivity index (χ1n) is 8.94. The van der Waals surface area contributed by atoms with Gasteiger partial charge in [-0.15, -0.1) is 0 Å². The van der Waals surface area contributed by atoms with Crippen LogP contribution >= 0.6 is 12.2 Å². The quantitative estimate of drug-likeness (QED) is 0.609. The maximum atomic E-state index is 13.6. The van der Waals surface area contributed by atoms with Crippen molar-refractivity contribution in [2.24, 2.45) is 5.92 Å². The topological polar surface area (TPSA) is 53.6 Å². The zero-order chi connectivity index (χ0) is 19.7. The Balaban J connectivity index is 1.28. The average Bonchev–Trinajstić information content (AvgIpc) is 3.25. The van der Waals surface area contributed by atoms with Gasteiger partial charge in [0.15, 0.2) is 5.11 Å². The Bertz CT molecular complexity index is 891. The van der Waals surface area contributed by atoms with E-state index in [9.17, 15) is 13.6 Å². The van der Waals surface area contributed by atoms with E-state index in [2.05, 4.69) is 10.9 Å². The van der Waals surface area contributed by atoms with Crippen molar-refractivity contribution in [3.8, 4) is 0 Å². The number of likely N-dealkylation sites (tertiary alicyclic amines) is 1. The largest absolute Gasteiger partial charge is 0.443 e. The predicted molar refractivity (Wildman–Crippen MR) is 103 cm³/mol. The summed E-state index contributed by atoms with van der Waals surface area (Å²) in [6.45, 7) is 1.37. The lowest BCUT2D eigenvalue weighted by molar-refractivity contribution is 0.137. The van der Waals surface area contributed by atoms with Crippen molar-refractivity contribution < 1.29 is 18.3 Å². The van der Waals surface area contributed by atoms with Crippen LogP contribution in [0.25, 0.3) is 0 Å². The van der Waals surface area contributed by atoms with Crippen LogP contribution in [0.2, 0.25) is 0 Å². The predicted octanol–water partition coefficient (Wildman–Crippen LogP) is 3.25. The van der Waals surface area contributed by atoms with Gasteiger partial charge in [-0.3, -0.25) is 5.43 Å². The first kappa shape index (κ1) is 18.6. The van der Waals surface area contributed by atoms with Gasteiger partial charge in [-0.2, -0.15) is 0 Å². The highest BCUT2D eigenvalue weighted by Crippen LogP contribution is 2.59. The van der Waals surface area contributed by atoms with Crippen LogP contribution in [0.15, 0.2) is 48.5 Å². The molecule has 0 spiro atoms. The van der Waals surface area contributed by atoms with Gasteiger partial charge in [-0.1, -0.05) is 30.3 Å². The minimum Gasteiger partial charge on any atom is -0.443 e. The van der Waals surface area contributed by atoms with Gasteiger partial charge in [0.05, 0.1) is 0 Å². The number of carbonyl (C=O) groups excluding carboxylic acids is 1. The molecule has 146 valence electrons. The number of halogens is 2. The number of thiocarbonyl (C=S) groups is 1. The van der Waals surface area contributed by atoms with Crippen molar-refractivity contribution in [1.29, 1.82) is 0 Å². The number of hydrazine groups is 1. The SMILES string of the molecule is O=C(NNC(=S)N1CC2CC2(c2cc(F)cc(F)c2)C1)OCc1ccccc1. The Hall–Kier alpha value is -2.74. The number of rotatable bonds is 3. The first-order valence-corrected chi connectivity index (χ1v) is 9.35. The third-order valence-corrected chi connectivity index (χ3v) is 5.71. The van der Waals surface area contributed by atoms with Crippen molar-refractivity contribution in [3.05, 3.63) is 71.3 Å². The van der Waals surface area contributed by atoms with Gasteiger partial charge in [-0.05, 0) is 47.8 Å². The minimum atomic E-state index is -0.641. The lowest BCUT2D eigenvalue weighted by atomic mass is 9.95. The maximum absolute atomic E-state index is 13.6. The molecule has 2 aromatic rings. The maximum Gasteiger partial charge on any atom is 0.426 e. The lowest BCUT2D eigenvalue weighted by Crippen LogP contribution is -2.49. The molecular formula is C20H19F2N3O2S. The molecule has 2 N–H and O–H groups in total. The van der Waals surface area contributed by atoms with E-state index in [0.717, 1.165) is 18.1 Å². The van der Waals surface area contributed by atoms with Crippen molar-refractivity contribution in [1.82, 2.24) is 15.8 Å². The molecule has 2 aromatic carbocycles. The molecule has 1 aliphatic heterocycles. The number of ether oxygens (including phenoxy) is 1. The van der Waals surface area contributed by atoms with E-state index in [4.69, 9.17) is 17.0 Å². The summed E-state index contributed by atoms with van der Waals surface area (Å²) >= 11 is 5.33. The molecule has 1 heterocycles. The molecule has 2 aliphatic rings. The summed E-state index contributed by atoms with van der Waals surface area (Å²) in [5, 5.41) is 0.347. The number of piperidine rings is 1. The van der Waals surface area contributed by atoms with Gasteiger partial charge in [0.25, 0.3) is 0 Å². The fourth-order valence-electron chi connectivity index (χ4n) is 3.87. The molecule has 4 rings (SSSR count).